The molecule has 3 N–H and O–H groups in total. The van der Waals surface area contributed by atoms with Gasteiger partial charge in [0, 0.05) is 13.3 Å². The van der Waals surface area contributed by atoms with Crippen molar-refractivity contribution < 1.29 is 70.2 Å². The number of alkyl halides is 3. The zero-order valence-corrected chi connectivity index (χ0v) is 34.9. The topological polar surface area (TPSA) is 172 Å². The van der Waals surface area contributed by atoms with Crippen molar-refractivity contribution in [3.63, 3.8) is 0 Å². The van der Waals surface area contributed by atoms with Crippen molar-refractivity contribution in [2.75, 3.05) is 13.7 Å². The van der Waals surface area contributed by atoms with E-state index in [-0.39, 0.29) is 32.2 Å². The molecule has 0 aromatic heterocycles. The van der Waals surface area contributed by atoms with Gasteiger partial charge in [0.05, 0.1) is 45.7 Å². The molecule has 0 spiro atoms. The number of nitrogens with two attached hydrogens (primary N) is 1. The van der Waals surface area contributed by atoms with Crippen LogP contribution in [-0.4, -0.2) is 93.0 Å². The Morgan fingerprint density at radius 1 is 0.762 bits per heavy atom. The van der Waals surface area contributed by atoms with E-state index < -0.39 is 91.7 Å². The van der Waals surface area contributed by atoms with Gasteiger partial charge in [0.1, 0.15) is 36.2 Å². The first kappa shape index (κ1) is 47.1. The number of carbonyl (C=O) groups is 3. The fourth-order valence-corrected chi connectivity index (χ4v) is 7.26. The molecule has 0 bridgehead atoms. The number of nitrogens with one attached hydrogen (secondary N) is 1. The molecule has 2 fully saturated rings. The molecular formula is C46H51F3N2O12. The van der Waals surface area contributed by atoms with Crippen molar-refractivity contribution in [3.8, 4) is 5.75 Å². The van der Waals surface area contributed by atoms with E-state index >= 15 is 0 Å². The van der Waals surface area contributed by atoms with E-state index in [9.17, 15) is 27.6 Å². The van der Waals surface area contributed by atoms with Gasteiger partial charge in [0.2, 0.25) is 6.29 Å². The molecule has 1 amide bonds. The Bertz CT molecular complexity index is 2050. The van der Waals surface area contributed by atoms with Crippen LogP contribution in [0.2, 0.25) is 0 Å². The van der Waals surface area contributed by atoms with Gasteiger partial charge in [-0.2, -0.15) is 13.2 Å². The molecule has 2 heterocycles. The molecule has 338 valence electrons. The van der Waals surface area contributed by atoms with Crippen LogP contribution in [0, 0.1) is 0 Å². The van der Waals surface area contributed by atoms with E-state index in [4.69, 9.17) is 48.4 Å². The van der Waals surface area contributed by atoms with Crippen LogP contribution in [0.4, 0.5) is 13.2 Å². The van der Waals surface area contributed by atoms with Gasteiger partial charge >= 0.3 is 24.0 Å². The zero-order chi connectivity index (χ0) is 44.9. The fourth-order valence-electron chi connectivity index (χ4n) is 7.26. The lowest BCUT2D eigenvalue weighted by atomic mass is 9.96. The lowest BCUT2D eigenvalue weighted by molar-refractivity contribution is -0.343. The Labute approximate surface area is 363 Å². The number of ether oxygens (including phenoxy) is 9. The average molecular weight is 881 g/mol. The first-order chi connectivity index (χ1) is 30.3. The molecule has 0 radical (unpaired) electrons. The zero-order valence-electron chi connectivity index (χ0n) is 34.9. The number of halogens is 3. The van der Waals surface area contributed by atoms with Crippen LogP contribution in [0.25, 0.3) is 0 Å². The lowest BCUT2D eigenvalue weighted by Gasteiger charge is -2.48. The van der Waals surface area contributed by atoms with Gasteiger partial charge in [0.25, 0.3) is 0 Å². The number of rotatable bonds is 18. The first-order valence-electron chi connectivity index (χ1n) is 20.3. The van der Waals surface area contributed by atoms with Gasteiger partial charge < -0.3 is 53.7 Å². The molecule has 0 unspecified atom stereocenters. The summed E-state index contributed by atoms with van der Waals surface area (Å²) in [5.74, 6) is -3.41. The smallest absolute Gasteiger partial charge is 0.468 e. The van der Waals surface area contributed by atoms with E-state index in [1.807, 2.05) is 96.3 Å². The Kier molecular flexibility index (Phi) is 16.7. The summed E-state index contributed by atoms with van der Waals surface area (Å²) in [6.07, 6.45) is -14.7. The van der Waals surface area contributed by atoms with E-state index in [2.05, 4.69) is 0 Å². The van der Waals surface area contributed by atoms with Crippen molar-refractivity contribution in [1.82, 2.24) is 5.32 Å². The van der Waals surface area contributed by atoms with Crippen LogP contribution in [0.5, 0.6) is 5.75 Å². The van der Waals surface area contributed by atoms with Crippen LogP contribution in [0.3, 0.4) is 0 Å². The second kappa shape index (κ2) is 22.3. The summed E-state index contributed by atoms with van der Waals surface area (Å²) in [5.41, 5.74) is 9.08. The number of esters is 2. The summed E-state index contributed by atoms with van der Waals surface area (Å²) < 4.78 is 96.7. The van der Waals surface area contributed by atoms with Crippen LogP contribution in [0.1, 0.15) is 48.6 Å². The Hall–Kier alpha value is -5.40. The molecule has 2 aliphatic heterocycles. The second-order valence-electron chi connectivity index (χ2n) is 15.0. The van der Waals surface area contributed by atoms with Gasteiger partial charge in [-0.15, -0.1) is 0 Å². The van der Waals surface area contributed by atoms with Gasteiger partial charge in [-0.05, 0) is 41.3 Å². The first-order valence-corrected chi connectivity index (χ1v) is 20.3. The van der Waals surface area contributed by atoms with Crippen molar-refractivity contribution >= 4 is 17.8 Å². The maximum Gasteiger partial charge on any atom is 0.471 e. The lowest BCUT2D eigenvalue weighted by Crippen LogP contribution is -2.64. The summed E-state index contributed by atoms with van der Waals surface area (Å²) in [4.78, 5) is 36.6. The van der Waals surface area contributed by atoms with Crippen LogP contribution < -0.4 is 15.8 Å². The quantitative estimate of drug-likeness (QED) is 0.114. The van der Waals surface area contributed by atoms with E-state index in [0.717, 1.165) is 23.6 Å². The molecule has 6 rings (SSSR count). The molecule has 2 saturated heterocycles. The minimum atomic E-state index is -5.23. The number of hydrogen-bond donors (Lipinski definition) is 2. The van der Waals surface area contributed by atoms with Gasteiger partial charge in [-0.25, -0.2) is 0 Å². The summed E-state index contributed by atoms with van der Waals surface area (Å²) in [6.45, 7) is 2.98. The fraction of sp³-hybridized carbons (Fsp3) is 0.413. The highest BCUT2D eigenvalue weighted by atomic mass is 19.4. The molecule has 4 aromatic carbocycles. The molecule has 4 aromatic rings. The number of carbonyl (C=O) groups excluding carboxylic acids is 3. The third kappa shape index (κ3) is 13.3. The predicted octanol–water partition coefficient (Wildman–Crippen LogP) is 5.85. The van der Waals surface area contributed by atoms with Gasteiger partial charge in [-0.3, -0.25) is 14.4 Å². The Balaban J connectivity index is 1.38. The molecule has 0 aliphatic carbocycles. The normalized spacial score (nSPS) is 25.3. The summed E-state index contributed by atoms with van der Waals surface area (Å²) in [6, 6.07) is 32.1. The summed E-state index contributed by atoms with van der Waals surface area (Å²) >= 11 is 0. The number of amides is 1. The predicted molar refractivity (Wildman–Crippen MR) is 218 cm³/mol. The molecule has 17 heteroatoms. The van der Waals surface area contributed by atoms with Crippen LogP contribution in [0.15, 0.2) is 115 Å². The Morgan fingerprint density at radius 3 is 1.86 bits per heavy atom. The average Bonchev–Trinajstić information content (AvgIpc) is 3.27. The van der Waals surface area contributed by atoms with E-state index in [1.165, 1.54) is 14.0 Å². The maximum atomic E-state index is 13.6. The maximum absolute atomic E-state index is 13.6. The summed E-state index contributed by atoms with van der Waals surface area (Å²) in [7, 11) is 1.23. The number of benzene rings is 4. The number of hydrogen-bond acceptors (Lipinski definition) is 13. The highest BCUT2D eigenvalue weighted by molar-refractivity contribution is 5.82. The molecule has 2 aliphatic rings. The van der Waals surface area contributed by atoms with Gasteiger partial charge in [0.15, 0.2) is 12.4 Å². The van der Waals surface area contributed by atoms with Crippen molar-refractivity contribution in [1.29, 1.82) is 0 Å². The second-order valence-corrected chi connectivity index (χ2v) is 15.0. The molecule has 14 nitrogen and oxygen atoms in total. The third-order valence-corrected chi connectivity index (χ3v) is 10.4. The largest absolute Gasteiger partial charge is 0.471 e. The Morgan fingerprint density at radius 2 is 1.32 bits per heavy atom. The van der Waals surface area contributed by atoms with Crippen LogP contribution >= 0.6 is 0 Å². The highest BCUT2D eigenvalue weighted by Gasteiger charge is 2.53. The highest BCUT2D eigenvalue weighted by Crippen LogP contribution is 2.35. The van der Waals surface area contributed by atoms with Crippen molar-refractivity contribution in [2.45, 2.75) is 108 Å². The van der Waals surface area contributed by atoms with Gasteiger partial charge in [-0.1, -0.05) is 103 Å². The van der Waals surface area contributed by atoms with Crippen molar-refractivity contribution in [2.24, 2.45) is 5.73 Å². The SMILES string of the molecule is COC(=O)[C@H](N)c1ccc(O[C@@H]2O[C@H](COCc3ccccc3)[C@@H](OCc3ccccc3)[C@H](OCc3ccccc3)[C@H]2O[C@H]2C[C@H](NC(=O)C(F)(F)F)[C@@H](OC(C)=O)[C@H](C)O2)cc1. The minimum absolute atomic E-state index is 0.00831. The monoisotopic (exact) mass is 880 g/mol. The molecule has 10 atom stereocenters. The summed E-state index contributed by atoms with van der Waals surface area (Å²) in [5, 5.41) is 1.96. The van der Waals surface area contributed by atoms with E-state index in [0.29, 0.717) is 5.56 Å². The third-order valence-electron chi connectivity index (χ3n) is 10.4. The molecule has 0 saturated carbocycles. The number of methoxy groups -OCH3 is 1. The molecular weight excluding hydrogens is 830 g/mol. The standard InChI is InChI=1S/C46H51F3N2O12/c1-28-39(60-29(2)52)35(51-45(54)46(47,48)49)23-37(59-28)63-42-41(58-26-32-17-11-6-12-18-32)40(57-25-31-15-9-5-10-16-31)36(27-56-24-30-13-7-4-8-14-30)62-44(42)61-34-21-19-33(20-22-34)38(50)43(53)55-3/h4-22,28,35-42,44H,23-27,50H2,1-3H3,(H,51,54)/t28-,35-,36+,37-,38+,39-,40+,41-,42+,44+/m0/s1. The van der Waals surface area contributed by atoms with Crippen LogP contribution in [-0.2, 0) is 72.1 Å². The van der Waals surface area contributed by atoms with E-state index in [1.54, 1.807) is 24.3 Å². The minimum Gasteiger partial charge on any atom is -0.468 e. The van der Waals surface area contributed by atoms with Crippen molar-refractivity contribution in [3.05, 3.63) is 138 Å². The molecule has 63 heavy (non-hydrogen) atoms.